The average Bonchev–Trinajstić information content (AvgIpc) is 3.29. The van der Waals surface area contributed by atoms with Gasteiger partial charge in [0.15, 0.2) is 0 Å². The first-order valence-electron chi connectivity index (χ1n) is 9.40. The van der Waals surface area contributed by atoms with E-state index in [9.17, 15) is 25.3 Å². The molecule has 0 spiro atoms. The Balaban J connectivity index is 1.91. The minimum Gasteiger partial charge on any atom is -0.386 e. The molecule has 2 aromatic rings. The van der Waals surface area contributed by atoms with Crippen LogP contribution in [-0.4, -0.2) is 56.7 Å². The zero-order valence-electron chi connectivity index (χ0n) is 17.0. The zero-order valence-corrected chi connectivity index (χ0v) is 19.4. The van der Waals surface area contributed by atoms with Crippen molar-refractivity contribution in [3.8, 4) is 0 Å². The Morgan fingerprint density at radius 2 is 1.26 bits per heavy atom. The standard InChI is InChI=1S/C18H24N4O6S3/c1-19-17-10-9-16(29(23,24)20-2)13-18(17)21-30(25,26)14-5-7-15(8-6-14)31(27,28)22-11-3-4-12-22/h5-10,13,19-21H,3-4,11-12H2,1-2H3. The van der Waals surface area contributed by atoms with Crippen molar-refractivity contribution in [2.75, 3.05) is 37.2 Å². The Morgan fingerprint density at radius 1 is 0.710 bits per heavy atom. The van der Waals surface area contributed by atoms with Gasteiger partial charge in [-0.15, -0.1) is 0 Å². The lowest BCUT2D eigenvalue weighted by Gasteiger charge is -2.16. The molecule has 31 heavy (non-hydrogen) atoms. The molecule has 1 aliphatic rings. The SMILES string of the molecule is CNc1ccc(S(=O)(=O)NC)cc1NS(=O)(=O)c1ccc(S(=O)(=O)N2CCCC2)cc1. The fraction of sp³-hybridized carbons (Fsp3) is 0.333. The third kappa shape index (κ3) is 4.85. The van der Waals surface area contributed by atoms with Crippen molar-refractivity contribution in [2.24, 2.45) is 0 Å². The normalized spacial score (nSPS) is 15.7. The molecule has 3 N–H and O–H groups in total. The van der Waals surface area contributed by atoms with Gasteiger partial charge >= 0.3 is 0 Å². The second-order valence-corrected chi connectivity index (χ2v) is 12.4. The van der Waals surface area contributed by atoms with E-state index in [1.807, 2.05) is 0 Å². The van der Waals surface area contributed by atoms with E-state index >= 15 is 0 Å². The Labute approximate surface area is 182 Å². The molecule has 10 nitrogen and oxygen atoms in total. The van der Waals surface area contributed by atoms with E-state index in [0.29, 0.717) is 18.8 Å². The first-order chi connectivity index (χ1) is 14.5. The van der Waals surface area contributed by atoms with Gasteiger partial charge < -0.3 is 5.32 Å². The zero-order chi connectivity index (χ0) is 22.9. The predicted octanol–water partition coefficient (Wildman–Crippen LogP) is 1.22. The van der Waals surface area contributed by atoms with Gasteiger partial charge in [0.1, 0.15) is 0 Å². The molecule has 170 valence electrons. The molecule has 0 atom stereocenters. The highest BCUT2D eigenvalue weighted by Gasteiger charge is 2.27. The number of sulfonamides is 3. The Bertz CT molecular complexity index is 1270. The first kappa shape index (κ1) is 23.5. The van der Waals surface area contributed by atoms with Gasteiger partial charge in [0.2, 0.25) is 20.0 Å². The molecule has 0 saturated carbocycles. The number of hydrogen-bond donors (Lipinski definition) is 3. The summed E-state index contributed by atoms with van der Waals surface area (Å²) in [5.74, 6) is 0. The molecule has 0 aliphatic carbocycles. The monoisotopic (exact) mass is 488 g/mol. The number of anilines is 2. The maximum absolute atomic E-state index is 12.9. The smallest absolute Gasteiger partial charge is 0.261 e. The van der Waals surface area contributed by atoms with Gasteiger partial charge in [0.25, 0.3) is 10.0 Å². The molecular weight excluding hydrogens is 464 g/mol. The van der Waals surface area contributed by atoms with Crippen LogP contribution in [0.4, 0.5) is 11.4 Å². The van der Waals surface area contributed by atoms with Crippen molar-refractivity contribution in [1.82, 2.24) is 9.03 Å². The van der Waals surface area contributed by atoms with Gasteiger partial charge in [0.05, 0.1) is 26.1 Å². The summed E-state index contributed by atoms with van der Waals surface area (Å²) in [7, 11) is -8.73. The highest BCUT2D eigenvalue weighted by molar-refractivity contribution is 7.92. The summed E-state index contributed by atoms with van der Waals surface area (Å²) in [5, 5.41) is 2.80. The van der Waals surface area contributed by atoms with E-state index in [1.54, 1.807) is 7.05 Å². The lowest BCUT2D eigenvalue weighted by Crippen LogP contribution is -2.27. The van der Waals surface area contributed by atoms with Crippen LogP contribution in [0.25, 0.3) is 0 Å². The van der Waals surface area contributed by atoms with Gasteiger partial charge in [-0.05, 0) is 62.4 Å². The quantitative estimate of drug-likeness (QED) is 0.507. The molecule has 1 fully saturated rings. The molecule has 13 heteroatoms. The van der Waals surface area contributed by atoms with E-state index in [0.717, 1.165) is 12.8 Å². The van der Waals surface area contributed by atoms with Gasteiger partial charge in [-0.3, -0.25) is 4.72 Å². The van der Waals surface area contributed by atoms with E-state index in [4.69, 9.17) is 0 Å². The van der Waals surface area contributed by atoms with Gasteiger partial charge in [0, 0.05) is 20.1 Å². The Kier molecular flexibility index (Phi) is 6.62. The minimum atomic E-state index is -4.11. The molecule has 0 bridgehead atoms. The first-order valence-corrected chi connectivity index (χ1v) is 13.8. The summed E-state index contributed by atoms with van der Waals surface area (Å²) >= 11 is 0. The number of benzene rings is 2. The molecule has 2 aromatic carbocycles. The molecule has 0 unspecified atom stereocenters. The molecule has 1 saturated heterocycles. The van der Waals surface area contributed by atoms with Crippen LogP contribution in [0.1, 0.15) is 12.8 Å². The van der Waals surface area contributed by atoms with Crippen LogP contribution in [-0.2, 0) is 30.1 Å². The van der Waals surface area contributed by atoms with Crippen LogP contribution < -0.4 is 14.8 Å². The van der Waals surface area contributed by atoms with Crippen molar-refractivity contribution in [3.63, 3.8) is 0 Å². The van der Waals surface area contributed by atoms with Crippen LogP contribution in [0.15, 0.2) is 57.2 Å². The number of hydrogen-bond acceptors (Lipinski definition) is 7. The van der Waals surface area contributed by atoms with Crippen LogP contribution in [0, 0.1) is 0 Å². The summed E-state index contributed by atoms with van der Waals surface area (Å²) in [6.45, 7) is 0.894. The highest BCUT2D eigenvalue weighted by Crippen LogP contribution is 2.28. The number of rotatable bonds is 8. The Morgan fingerprint density at radius 3 is 1.81 bits per heavy atom. The fourth-order valence-electron chi connectivity index (χ4n) is 3.18. The second kappa shape index (κ2) is 8.74. The van der Waals surface area contributed by atoms with Crippen molar-refractivity contribution in [3.05, 3.63) is 42.5 Å². The largest absolute Gasteiger partial charge is 0.386 e. The van der Waals surface area contributed by atoms with Crippen LogP contribution >= 0.6 is 0 Å². The van der Waals surface area contributed by atoms with Crippen molar-refractivity contribution in [1.29, 1.82) is 0 Å². The summed E-state index contributed by atoms with van der Waals surface area (Å²) < 4.78 is 81.0. The Hall–Kier alpha value is -2.19. The van der Waals surface area contributed by atoms with Crippen LogP contribution in [0.5, 0.6) is 0 Å². The molecule has 0 radical (unpaired) electrons. The van der Waals surface area contributed by atoms with E-state index < -0.39 is 30.1 Å². The molecule has 1 heterocycles. The topological polar surface area (TPSA) is 142 Å². The molecule has 0 aromatic heterocycles. The summed E-state index contributed by atoms with van der Waals surface area (Å²) in [6.07, 6.45) is 1.59. The minimum absolute atomic E-state index is 0.0198. The van der Waals surface area contributed by atoms with Gasteiger partial charge in [-0.1, -0.05) is 0 Å². The number of nitrogens with one attached hydrogen (secondary N) is 3. The van der Waals surface area contributed by atoms with Gasteiger partial charge in [-0.25, -0.2) is 30.0 Å². The predicted molar refractivity (Wildman–Crippen MR) is 117 cm³/mol. The van der Waals surface area contributed by atoms with Gasteiger partial charge in [-0.2, -0.15) is 4.31 Å². The lowest BCUT2D eigenvalue weighted by molar-refractivity contribution is 0.477. The van der Waals surface area contributed by atoms with Crippen molar-refractivity contribution < 1.29 is 25.3 Å². The van der Waals surface area contributed by atoms with Crippen molar-refractivity contribution >= 4 is 41.4 Å². The average molecular weight is 489 g/mol. The fourth-order valence-corrected chi connectivity index (χ4v) is 6.53. The molecule has 0 amide bonds. The second-order valence-electron chi connectivity index (χ2n) is 6.85. The lowest BCUT2D eigenvalue weighted by atomic mass is 10.3. The molecule has 1 aliphatic heterocycles. The number of nitrogens with zero attached hydrogens (tertiary/aromatic N) is 1. The summed E-state index contributed by atoms with van der Waals surface area (Å²) in [6, 6.07) is 8.89. The third-order valence-corrected chi connectivity index (χ3v) is 9.63. The van der Waals surface area contributed by atoms with E-state index in [-0.39, 0.29) is 20.4 Å². The maximum Gasteiger partial charge on any atom is 0.261 e. The van der Waals surface area contributed by atoms with Crippen LogP contribution in [0.2, 0.25) is 0 Å². The van der Waals surface area contributed by atoms with E-state index in [2.05, 4.69) is 14.8 Å². The third-order valence-electron chi connectivity index (χ3n) is 4.92. The summed E-state index contributed by atoms with van der Waals surface area (Å²) in [4.78, 5) is -0.248. The highest BCUT2D eigenvalue weighted by atomic mass is 32.2. The van der Waals surface area contributed by atoms with Crippen molar-refractivity contribution in [2.45, 2.75) is 27.5 Å². The maximum atomic E-state index is 12.9. The van der Waals surface area contributed by atoms with Crippen LogP contribution in [0.3, 0.4) is 0 Å². The van der Waals surface area contributed by atoms with E-state index in [1.165, 1.54) is 53.8 Å². The molecule has 3 rings (SSSR count). The summed E-state index contributed by atoms with van der Waals surface area (Å²) in [5.41, 5.74) is 0.402. The molecular formula is C18H24N4O6S3.